The largest absolute Gasteiger partial charge is 0.383 e. The molecule has 0 radical (unpaired) electrons. The summed E-state index contributed by atoms with van der Waals surface area (Å²) in [6.07, 6.45) is 11.7. The van der Waals surface area contributed by atoms with E-state index >= 15 is 0 Å². The molecule has 3 N–H and O–H groups in total. The molecule has 2 saturated carbocycles. The zero-order valence-corrected chi connectivity index (χ0v) is 20.2. The second-order valence-electron chi connectivity index (χ2n) is 9.47. The quantitative estimate of drug-likeness (QED) is 0.458. The number of nitriles is 1. The Morgan fingerprint density at radius 3 is 2.64 bits per heavy atom. The van der Waals surface area contributed by atoms with Crippen LogP contribution in [0, 0.1) is 16.7 Å². The third-order valence-electron chi connectivity index (χ3n) is 6.64. The van der Waals surface area contributed by atoms with E-state index in [1.165, 1.54) is 0 Å². The molecule has 2 fully saturated rings. The van der Waals surface area contributed by atoms with Gasteiger partial charge in [0.1, 0.15) is 5.82 Å². The Bertz CT molecular complexity index is 981. The van der Waals surface area contributed by atoms with E-state index in [9.17, 15) is 5.26 Å². The Balaban J connectivity index is 1.37. The van der Waals surface area contributed by atoms with Crippen LogP contribution in [0.15, 0.2) is 30.7 Å². The van der Waals surface area contributed by atoms with Crippen LogP contribution < -0.4 is 16.0 Å². The van der Waals surface area contributed by atoms with E-state index in [2.05, 4.69) is 38.9 Å². The van der Waals surface area contributed by atoms with Gasteiger partial charge in [0.25, 0.3) is 0 Å². The van der Waals surface area contributed by atoms with Crippen LogP contribution in [0.5, 0.6) is 0 Å². The minimum absolute atomic E-state index is 0.211. The minimum Gasteiger partial charge on any atom is -0.383 e. The van der Waals surface area contributed by atoms with Crippen molar-refractivity contribution in [3.63, 3.8) is 0 Å². The van der Waals surface area contributed by atoms with Crippen molar-refractivity contribution in [3.05, 3.63) is 35.7 Å². The minimum atomic E-state index is -0.211. The molecule has 0 aliphatic heterocycles. The molecule has 7 nitrogen and oxygen atoms in total. The summed E-state index contributed by atoms with van der Waals surface area (Å²) >= 11 is 6.50. The van der Waals surface area contributed by atoms with Gasteiger partial charge in [-0.25, -0.2) is 4.98 Å². The van der Waals surface area contributed by atoms with E-state index in [4.69, 9.17) is 16.3 Å². The summed E-state index contributed by atoms with van der Waals surface area (Å²) < 4.78 is 5.23. The molecule has 0 amide bonds. The third-order valence-corrected chi connectivity index (χ3v) is 6.94. The van der Waals surface area contributed by atoms with E-state index in [0.29, 0.717) is 29.7 Å². The van der Waals surface area contributed by atoms with Crippen molar-refractivity contribution in [3.8, 4) is 17.2 Å². The predicted octanol–water partition coefficient (Wildman–Crippen LogP) is 4.86. The molecule has 4 rings (SSSR count). The van der Waals surface area contributed by atoms with Gasteiger partial charge in [0.05, 0.1) is 28.8 Å². The van der Waals surface area contributed by atoms with Gasteiger partial charge >= 0.3 is 0 Å². The Kier molecular flexibility index (Phi) is 7.69. The highest BCUT2D eigenvalue weighted by Crippen LogP contribution is 2.44. The summed E-state index contributed by atoms with van der Waals surface area (Å²) in [5, 5.41) is 20.5. The topological polar surface area (TPSA) is 94.9 Å². The number of halogens is 1. The van der Waals surface area contributed by atoms with Crippen molar-refractivity contribution in [1.29, 1.82) is 5.26 Å². The first-order valence-electron chi connectivity index (χ1n) is 11.8. The molecule has 2 aliphatic carbocycles. The van der Waals surface area contributed by atoms with Crippen molar-refractivity contribution in [2.75, 3.05) is 30.9 Å². The van der Waals surface area contributed by atoms with Crippen LogP contribution in [-0.4, -0.2) is 48.4 Å². The van der Waals surface area contributed by atoms with Gasteiger partial charge in [0.2, 0.25) is 0 Å². The van der Waals surface area contributed by atoms with Crippen LogP contribution in [0.3, 0.4) is 0 Å². The lowest BCUT2D eigenvalue weighted by molar-refractivity contribution is 0.161. The number of aromatic nitrogens is 2. The molecule has 0 spiro atoms. The van der Waals surface area contributed by atoms with Crippen molar-refractivity contribution >= 4 is 23.1 Å². The van der Waals surface area contributed by atoms with Gasteiger partial charge in [-0.1, -0.05) is 11.6 Å². The van der Waals surface area contributed by atoms with E-state index in [1.807, 2.05) is 18.3 Å². The summed E-state index contributed by atoms with van der Waals surface area (Å²) in [5.41, 5.74) is 2.51. The van der Waals surface area contributed by atoms with Crippen LogP contribution in [0.25, 0.3) is 11.1 Å². The monoisotopic (exact) mass is 468 g/mol. The lowest BCUT2D eigenvalue weighted by atomic mass is 9.90. The first-order chi connectivity index (χ1) is 16.0. The predicted molar refractivity (Wildman–Crippen MR) is 132 cm³/mol. The maximum absolute atomic E-state index is 9.30. The molecule has 8 heteroatoms. The standard InChI is InChI=1S/C25H33ClN6O/c1-17(14-33-2)31-19-3-5-20(6-4-19)32-24-10-22(23(26)13-29-24)18-9-21(12-28-11-18)30-16-25(15-27)7-8-25/h9-13,17,19-20,30-31H,3-8,14,16H2,1-2H3,(H,29,32)/t17-,19-,20-/m1/s1. The first kappa shape index (κ1) is 23.7. The average molecular weight is 469 g/mol. The highest BCUT2D eigenvalue weighted by molar-refractivity contribution is 6.33. The van der Waals surface area contributed by atoms with Crippen molar-refractivity contribution < 1.29 is 4.74 Å². The van der Waals surface area contributed by atoms with E-state index < -0.39 is 0 Å². The summed E-state index contributed by atoms with van der Waals surface area (Å²) in [4.78, 5) is 8.89. The first-order valence-corrected chi connectivity index (χ1v) is 12.2. The number of methoxy groups -OCH3 is 1. The fourth-order valence-electron chi connectivity index (χ4n) is 4.49. The zero-order valence-electron chi connectivity index (χ0n) is 19.4. The lowest BCUT2D eigenvalue weighted by Gasteiger charge is -2.32. The molecule has 0 unspecified atom stereocenters. The van der Waals surface area contributed by atoms with E-state index in [-0.39, 0.29) is 5.41 Å². The van der Waals surface area contributed by atoms with Crippen LogP contribution in [0.4, 0.5) is 11.5 Å². The average Bonchev–Trinajstić information content (AvgIpc) is 3.61. The third kappa shape index (κ3) is 6.35. The van der Waals surface area contributed by atoms with Gasteiger partial charge < -0.3 is 20.7 Å². The number of hydrogen-bond acceptors (Lipinski definition) is 7. The molecule has 1 atom stereocenters. The second kappa shape index (κ2) is 10.7. The Morgan fingerprint density at radius 2 is 1.94 bits per heavy atom. The van der Waals surface area contributed by atoms with Gasteiger partial charge in [-0.3, -0.25) is 4.98 Å². The van der Waals surface area contributed by atoms with Gasteiger partial charge in [0, 0.05) is 61.5 Å². The van der Waals surface area contributed by atoms with Crippen LogP contribution in [0.2, 0.25) is 5.02 Å². The van der Waals surface area contributed by atoms with Crippen LogP contribution >= 0.6 is 11.6 Å². The molecule has 2 aromatic rings. The van der Waals surface area contributed by atoms with Gasteiger partial charge in [-0.15, -0.1) is 0 Å². The van der Waals surface area contributed by atoms with Gasteiger partial charge in [-0.05, 0) is 57.6 Å². The molecule has 0 bridgehead atoms. The molecular formula is C25H33ClN6O. The molecule has 0 saturated heterocycles. The molecule has 2 aromatic heterocycles. The molecule has 0 aromatic carbocycles. The molecular weight excluding hydrogens is 436 g/mol. The summed E-state index contributed by atoms with van der Waals surface area (Å²) in [6.45, 7) is 3.55. The number of pyridine rings is 2. The van der Waals surface area contributed by atoms with E-state index in [1.54, 1.807) is 19.5 Å². The number of nitrogens with one attached hydrogen (secondary N) is 3. The molecule has 2 heterocycles. The molecule has 2 aliphatic rings. The van der Waals surface area contributed by atoms with Gasteiger partial charge in [0.15, 0.2) is 0 Å². The summed E-state index contributed by atoms with van der Waals surface area (Å²) in [6, 6.07) is 7.76. The SMILES string of the molecule is COC[C@@H](C)N[C@H]1CC[C@H](Nc2cc(-c3cncc(NCC4(C#N)CC4)c3)c(Cl)cn2)CC1. The number of rotatable bonds is 10. The van der Waals surface area contributed by atoms with Gasteiger partial charge in [-0.2, -0.15) is 5.26 Å². The maximum atomic E-state index is 9.30. The number of anilines is 2. The van der Waals surface area contributed by atoms with E-state index in [0.717, 1.165) is 67.8 Å². The Labute approximate surface area is 201 Å². The van der Waals surface area contributed by atoms with Crippen LogP contribution in [0.1, 0.15) is 45.4 Å². The lowest BCUT2D eigenvalue weighted by Crippen LogP contribution is -2.42. The zero-order chi connectivity index (χ0) is 23.3. The summed E-state index contributed by atoms with van der Waals surface area (Å²) in [7, 11) is 1.74. The highest BCUT2D eigenvalue weighted by atomic mass is 35.5. The highest BCUT2D eigenvalue weighted by Gasteiger charge is 2.42. The van der Waals surface area contributed by atoms with Crippen molar-refractivity contribution in [2.24, 2.45) is 5.41 Å². The number of ether oxygens (including phenoxy) is 1. The second-order valence-corrected chi connectivity index (χ2v) is 9.88. The van der Waals surface area contributed by atoms with Crippen LogP contribution in [-0.2, 0) is 4.74 Å². The maximum Gasteiger partial charge on any atom is 0.126 e. The Hall–Kier alpha value is -2.40. The van der Waals surface area contributed by atoms with Crippen molar-refractivity contribution in [2.45, 2.75) is 63.6 Å². The number of hydrogen-bond donors (Lipinski definition) is 3. The number of nitrogens with zero attached hydrogens (tertiary/aromatic N) is 3. The molecule has 176 valence electrons. The molecule has 33 heavy (non-hydrogen) atoms. The fourth-order valence-corrected chi connectivity index (χ4v) is 4.70. The normalized spacial score (nSPS) is 22.2. The summed E-state index contributed by atoms with van der Waals surface area (Å²) in [5.74, 6) is 0.832. The van der Waals surface area contributed by atoms with Crippen molar-refractivity contribution in [1.82, 2.24) is 15.3 Å². The smallest absolute Gasteiger partial charge is 0.126 e. The fraction of sp³-hybridized carbons (Fsp3) is 0.560. The Morgan fingerprint density at radius 1 is 1.18 bits per heavy atom.